The van der Waals surface area contributed by atoms with E-state index in [-0.39, 0.29) is 10.3 Å². The Morgan fingerprint density at radius 3 is 0.949 bits per heavy atom. The Morgan fingerprint density at radius 2 is 0.692 bits per heavy atom. The molecular formula is C37H42P2. The summed E-state index contributed by atoms with van der Waals surface area (Å²) in [6.45, 7) is 10.6. The van der Waals surface area contributed by atoms with Gasteiger partial charge in [-0.15, -0.1) is 0 Å². The summed E-state index contributed by atoms with van der Waals surface area (Å²) in [4.78, 5) is 0. The van der Waals surface area contributed by atoms with E-state index in [1.54, 1.807) is 0 Å². The molecule has 2 saturated carbocycles. The second-order valence-corrected chi connectivity index (χ2v) is 18.4. The van der Waals surface area contributed by atoms with Gasteiger partial charge >= 0.3 is 0 Å². The largest absolute Gasteiger partial charge is 0.0622 e. The van der Waals surface area contributed by atoms with Gasteiger partial charge in [-0.25, -0.2) is 0 Å². The number of hydrogen-bond acceptors (Lipinski definition) is 0. The minimum atomic E-state index is -0.511. The van der Waals surface area contributed by atoms with E-state index in [1.165, 1.54) is 40.5 Å². The molecule has 2 unspecified atom stereocenters. The molecule has 200 valence electrons. The van der Waals surface area contributed by atoms with E-state index >= 15 is 0 Å². The molecule has 0 aliphatic heterocycles. The summed E-state index contributed by atoms with van der Waals surface area (Å²) < 4.78 is 0. The Bertz CT molecular complexity index is 1160. The fourth-order valence-corrected chi connectivity index (χ4v) is 15.0. The summed E-state index contributed by atoms with van der Waals surface area (Å²) in [5.41, 5.74) is 0. The van der Waals surface area contributed by atoms with Gasteiger partial charge in [-0.3, -0.25) is 0 Å². The van der Waals surface area contributed by atoms with Crippen molar-refractivity contribution in [2.24, 2.45) is 23.7 Å². The highest BCUT2D eigenvalue weighted by Crippen LogP contribution is 2.70. The Hall–Kier alpha value is -2.26. The molecule has 0 heterocycles. The zero-order valence-corrected chi connectivity index (χ0v) is 25.7. The maximum absolute atomic E-state index is 2.64. The fourth-order valence-electron chi connectivity index (χ4n) is 8.56. The highest BCUT2D eigenvalue weighted by Gasteiger charge is 2.60. The molecule has 2 aliphatic rings. The lowest BCUT2D eigenvalue weighted by molar-refractivity contribution is 0.151. The molecule has 0 saturated heterocycles. The van der Waals surface area contributed by atoms with Crippen LogP contribution >= 0.6 is 15.8 Å². The van der Waals surface area contributed by atoms with Crippen molar-refractivity contribution in [2.45, 2.75) is 57.3 Å². The maximum atomic E-state index is 2.64. The van der Waals surface area contributed by atoms with Gasteiger partial charge in [0.2, 0.25) is 0 Å². The topological polar surface area (TPSA) is 0 Å². The zero-order chi connectivity index (χ0) is 27.0. The van der Waals surface area contributed by atoms with Gasteiger partial charge in [-0.2, -0.15) is 0 Å². The number of hydrogen-bond donors (Lipinski definition) is 0. The molecule has 0 amide bonds. The van der Waals surface area contributed by atoms with Gasteiger partial charge in [0.25, 0.3) is 0 Å². The first-order chi connectivity index (χ1) is 18.9. The van der Waals surface area contributed by atoms with Gasteiger partial charge in [0, 0.05) is 0 Å². The summed E-state index contributed by atoms with van der Waals surface area (Å²) >= 11 is 0. The van der Waals surface area contributed by atoms with Crippen molar-refractivity contribution in [3.05, 3.63) is 121 Å². The standard InChI is InChI=1S/C37H42P2/c1-36(2,38(30-17-9-5-10-18-30)31-19-11-6-12-20-31)34-28-25-26-29(27-28)35(34)37(3,4)39(32-21-13-7-14-22-32)33-23-15-8-16-24-33/h5-24,28-29,34-35H,25-27H2,1-4H3/t28?,29?,34-,35-/m0/s1. The lowest BCUT2D eigenvalue weighted by Crippen LogP contribution is -2.50. The predicted octanol–water partition coefficient (Wildman–Crippen LogP) is 8.47. The molecule has 2 heteroatoms. The molecular weight excluding hydrogens is 506 g/mol. The van der Waals surface area contributed by atoms with Crippen LogP contribution in [0, 0.1) is 23.7 Å². The van der Waals surface area contributed by atoms with Crippen molar-refractivity contribution in [1.82, 2.24) is 0 Å². The van der Waals surface area contributed by atoms with Crippen molar-refractivity contribution in [3.8, 4) is 0 Å². The smallest absolute Gasteiger partial charge is 0.00369 e. The zero-order valence-electron chi connectivity index (χ0n) is 23.9. The van der Waals surface area contributed by atoms with Gasteiger partial charge in [0.05, 0.1) is 0 Å². The van der Waals surface area contributed by atoms with Crippen molar-refractivity contribution < 1.29 is 0 Å². The molecule has 0 radical (unpaired) electrons. The van der Waals surface area contributed by atoms with Crippen LogP contribution in [0.25, 0.3) is 0 Å². The first-order valence-electron chi connectivity index (χ1n) is 14.7. The first-order valence-corrected chi connectivity index (χ1v) is 17.4. The fraction of sp³-hybridized carbons (Fsp3) is 0.351. The average molecular weight is 549 g/mol. The summed E-state index contributed by atoms with van der Waals surface area (Å²) in [5.74, 6) is 3.07. The van der Waals surface area contributed by atoms with E-state index in [0.717, 1.165) is 11.8 Å². The van der Waals surface area contributed by atoms with Crippen LogP contribution in [0.15, 0.2) is 121 Å². The first kappa shape index (κ1) is 26.9. The number of fused-ring (bicyclic) bond motifs is 2. The van der Waals surface area contributed by atoms with E-state index in [1.807, 2.05) is 0 Å². The monoisotopic (exact) mass is 548 g/mol. The number of rotatable bonds is 8. The van der Waals surface area contributed by atoms with Crippen LogP contribution in [-0.2, 0) is 0 Å². The van der Waals surface area contributed by atoms with Crippen LogP contribution in [0.5, 0.6) is 0 Å². The minimum Gasteiger partial charge on any atom is -0.0622 e. The summed E-state index contributed by atoms with van der Waals surface area (Å²) in [5, 5.41) is 6.48. The van der Waals surface area contributed by atoms with Gasteiger partial charge in [-0.05, 0) is 90.3 Å². The highest BCUT2D eigenvalue weighted by atomic mass is 31.1. The van der Waals surface area contributed by atoms with Crippen molar-refractivity contribution in [3.63, 3.8) is 0 Å². The second-order valence-electron chi connectivity index (χ2n) is 12.7. The third kappa shape index (κ3) is 4.94. The summed E-state index contributed by atoms with van der Waals surface area (Å²) in [6.07, 6.45) is 4.24. The minimum absolute atomic E-state index is 0.189. The Kier molecular flexibility index (Phi) is 7.57. The molecule has 2 aliphatic carbocycles. The Labute approximate surface area is 238 Å². The van der Waals surface area contributed by atoms with Crippen molar-refractivity contribution in [2.75, 3.05) is 0 Å². The molecule has 39 heavy (non-hydrogen) atoms. The van der Waals surface area contributed by atoms with Crippen LogP contribution in [0.1, 0.15) is 47.0 Å². The third-order valence-corrected chi connectivity index (χ3v) is 15.9. The highest BCUT2D eigenvalue weighted by molar-refractivity contribution is 7.75. The van der Waals surface area contributed by atoms with Crippen molar-refractivity contribution >= 4 is 37.1 Å². The normalized spacial score (nSPS) is 23.0. The quantitative estimate of drug-likeness (QED) is 0.194. The molecule has 0 spiro atoms. The van der Waals surface area contributed by atoms with E-state index in [4.69, 9.17) is 0 Å². The van der Waals surface area contributed by atoms with E-state index < -0.39 is 15.8 Å². The van der Waals surface area contributed by atoms with Gasteiger partial charge in [0.15, 0.2) is 0 Å². The van der Waals surface area contributed by atoms with Crippen LogP contribution in [0.4, 0.5) is 0 Å². The average Bonchev–Trinajstić information content (AvgIpc) is 3.58. The summed E-state index contributed by atoms with van der Waals surface area (Å²) in [7, 11) is -1.02. The van der Waals surface area contributed by atoms with Crippen LogP contribution in [-0.4, -0.2) is 10.3 Å². The predicted molar refractivity (Wildman–Crippen MR) is 174 cm³/mol. The maximum Gasteiger partial charge on any atom is -0.00369 e. The molecule has 0 N–H and O–H groups in total. The molecule has 0 nitrogen and oxygen atoms in total. The van der Waals surface area contributed by atoms with Crippen LogP contribution in [0.2, 0.25) is 0 Å². The molecule has 2 bridgehead atoms. The lowest BCUT2D eigenvalue weighted by Gasteiger charge is -2.54. The molecule has 4 aromatic carbocycles. The lowest BCUT2D eigenvalue weighted by atomic mass is 9.68. The Morgan fingerprint density at radius 1 is 0.436 bits per heavy atom. The van der Waals surface area contributed by atoms with Crippen LogP contribution < -0.4 is 21.2 Å². The summed E-state index contributed by atoms with van der Waals surface area (Å²) in [6, 6.07) is 45.8. The Balaban J connectivity index is 1.48. The van der Waals surface area contributed by atoms with Gasteiger partial charge in [0.1, 0.15) is 0 Å². The van der Waals surface area contributed by atoms with E-state index in [2.05, 4.69) is 149 Å². The third-order valence-electron chi connectivity index (χ3n) is 9.76. The number of benzene rings is 4. The van der Waals surface area contributed by atoms with E-state index in [9.17, 15) is 0 Å². The van der Waals surface area contributed by atoms with Gasteiger partial charge < -0.3 is 0 Å². The van der Waals surface area contributed by atoms with E-state index in [0.29, 0.717) is 11.8 Å². The van der Waals surface area contributed by atoms with Gasteiger partial charge in [-0.1, -0.05) is 149 Å². The van der Waals surface area contributed by atoms with Crippen molar-refractivity contribution in [1.29, 1.82) is 0 Å². The SMILES string of the molecule is CC(C)([C@H]1C2CCC(C2)[C@@H]1C(C)(C)P(c1ccccc1)c1ccccc1)P(c1ccccc1)c1ccccc1. The molecule has 6 rings (SSSR count). The van der Waals surface area contributed by atoms with Crippen LogP contribution in [0.3, 0.4) is 0 Å². The second kappa shape index (κ2) is 11.0. The molecule has 4 aromatic rings. The molecule has 4 atom stereocenters. The molecule has 2 fully saturated rings. The molecule has 0 aromatic heterocycles.